The lowest BCUT2D eigenvalue weighted by atomic mass is 9.97. The van der Waals surface area contributed by atoms with Crippen LogP contribution in [0.15, 0.2) is 36.4 Å². The van der Waals surface area contributed by atoms with Gasteiger partial charge in [0, 0.05) is 49.2 Å². The highest BCUT2D eigenvalue weighted by molar-refractivity contribution is 6.32. The highest BCUT2D eigenvalue weighted by atomic mass is 16.5. The Kier molecular flexibility index (Phi) is 10.5. The molecule has 1 aliphatic rings. The van der Waals surface area contributed by atoms with Crippen molar-refractivity contribution in [1.82, 2.24) is 4.90 Å². The zero-order valence-electron chi connectivity index (χ0n) is 21.9. The molecule has 0 saturated carbocycles. The molecule has 192 valence electrons. The molecule has 0 spiro atoms. The van der Waals surface area contributed by atoms with E-state index in [9.17, 15) is 9.90 Å². The van der Waals surface area contributed by atoms with Gasteiger partial charge in [-0.2, -0.15) is 0 Å². The van der Waals surface area contributed by atoms with Gasteiger partial charge in [-0.05, 0) is 48.4 Å². The zero-order chi connectivity index (χ0) is 26.1. The van der Waals surface area contributed by atoms with E-state index in [1.807, 2.05) is 52.0 Å². The van der Waals surface area contributed by atoms with Crippen molar-refractivity contribution in [3.05, 3.63) is 47.5 Å². The second-order valence-electron chi connectivity index (χ2n) is 8.56. The predicted octanol–water partition coefficient (Wildman–Crippen LogP) is 4.33. The first-order valence-electron chi connectivity index (χ1n) is 12.4. The van der Waals surface area contributed by atoms with E-state index in [0.717, 1.165) is 44.0 Å². The minimum Gasteiger partial charge on any atom is -0.507 e. The van der Waals surface area contributed by atoms with Crippen LogP contribution in [0.2, 0.25) is 0 Å². The van der Waals surface area contributed by atoms with Gasteiger partial charge in [0.2, 0.25) is 0 Å². The molecule has 35 heavy (non-hydrogen) atoms. The van der Waals surface area contributed by atoms with E-state index in [2.05, 4.69) is 16.7 Å². The molecule has 0 aliphatic carbocycles. The summed E-state index contributed by atoms with van der Waals surface area (Å²) in [5, 5.41) is 18.9. The number of amidine groups is 1. The summed E-state index contributed by atoms with van der Waals surface area (Å²) < 4.78 is 5.40. The third-order valence-corrected chi connectivity index (χ3v) is 6.28. The summed E-state index contributed by atoms with van der Waals surface area (Å²) in [7, 11) is 1.55. The molecule has 1 saturated heterocycles. The van der Waals surface area contributed by atoms with E-state index in [-0.39, 0.29) is 17.5 Å². The Morgan fingerprint density at radius 1 is 1.14 bits per heavy atom. The molecular formula is C27H41N5O3. The first-order valence-corrected chi connectivity index (χ1v) is 12.4. The number of methoxy groups -OCH3 is 1. The fourth-order valence-corrected chi connectivity index (χ4v) is 4.26. The van der Waals surface area contributed by atoms with Crippen molar-refractivity contribution < 1.29 is 14.6 Å². The van der Waals surface area contributed by atoms with Crippen LogP contribution in [-0.2, 0) is 4.79 Å². The van der Waals surface area contributed by atoms with E-state index in [4.69, 9.17) is 15.9 Å². The van der Waals surface area contributed by atoms with E-state index in [1.165, 1.54) is 11.0 Å². The summed E-state index contributed by atoms with van der Waals surface area (Å²) in [5.74, 6) is 0.381. The normalized spacial score (nSPS) is 14.7. The number of piperazine rings is 1. The second kappa shape index (κ2) is 13.1. The van der Waals surface area contributed by atoms with Crippen molar-refractivity contribution >= 4 is 23.5 Å². The number of aldehydes is 1. The highest BCUT2D eigenvalue weighted by Gasteiger charge is 2.26. The third-order valence-electron chi connectivity index (χ3n) is 6.28. The summed E-state index contributed by atoms with van der Waals surface area (Å²) in [5.41, 5.74) is 9.54. The molecule has 1 aliphatic heterocycles. The molecule has 4 N–H and O–H groups in total. The molecule has 2 aromatic carbocycles. The average Bonchev–Trinajstić information content (AvgIpc) is 2.89. The summed E-state index contributed by atoms with van der Waals surface area (Å²) in [4.78, 5) is 17.7. The van der Waals surface area contributed by atoms with Crippen molar-refractivity contribution in [2.45, 2.75) is 46.7 Å². The van der Waals surface area contributed by atoms with Crippen molar-refractivity contribution in [2.24, 2.45) is 5.73 Å². The molecule has 1 fully saturated rings. The number of phenolic OH excluding ortho intramolecular Hbond substituents is 1. The highest BCUT2D eigenvalue weighted by Crippen LogP contribution is 2.37. The molecule has 0 aromatic heterocycles. The number of nitrogens with two attached hydrogens (primary N) is 1. The summed E-state index contributed by atoms with van der Waals surface area (Å²) in [6, 6.07) is 11.0. The topological polar surface area (TPSA) is 106 Å². The Bertz CT molecular complexity index is 970. The van der Waals surface area contributed by atoms with Crippen LogP contribution in [0.1, 0.15) is 57.8 Å². The minimum absolute atomic E-state index is 0.0436. The van der Waals surface area contributed by atoms with E-state index < -0.39 is 6.17 Å². The molecule has 1 unspecified atom stereocenters. The number of carbonyl (C=O) groups is 1. The van der Waals surface area contributed by atoms with Gasteiger partial charge in [0.05, 0.1) is 7.11 Å². The number of hydrogen-bond acceptors (Lipinski definition) is 7. The van der Waals surface area contributed by atoms with Crippen LogP contribution < -0.4 is 20.3 Å². The molecule has 1 atom stereocenters. The lowest BCUT2D eigenvalue weighted by Gasteiger charge is -2.36. The molecule has 0 bridgehead atoms. The van der Waals surface area contributed by atoms with Crippen molar-refractivity contribution in [3.8, 4) is 11.5 Å². The fourth-order valence-electron chi connectivity index (χ4n) is 4.26. The molecule has 3 rings (SSSR count). The Morgan fingerprint density at radius 2 is 1.74 bits per heavy atom. The first kappa shape index (κ1) is 28.1. The number of carbonyl (C=O) groups excluding carboxylic acids is 1. The molecule has 0 radical (unpaired) electrons. The standard InChI is InChI=1S/C25H35N5O3.C2H6/c1-5-28-10-12-29(13-11-28)18-6-8-19(9-7-18)30(24(26)16-31)25(27)21-14-20(17(2)3)23(33-4)15-22(21)32;1-2/h6-9,14-17,25-26,32H,5,10-13,27H2,1-4H3;1-2H3. The van der Waals surface area contributed by atoms with Gasteiger partial charge in [0.15, 0.2) is 12.1 Å². The van der Waals surface area contributed by atoms with Gasteiger partial charge in [-0.25, -0.2) is 0 Å². The van der Waals surface area contributed by atoms with Crippen LogP contribution in [0.3, 0.4) is 0 Å². The van der Waals surface area contributed by atoms with E-state index >= 15 is 0 Å². The first-order chi connectivity index (χ1) is 16.8. The number of ether oxygens (including phenoxy) is 1. The van der Waals surface area contributed by atoms with Crippen molar-refractivity contribution in [3.63, 3.8) is 0 Å². The SMILES string of the molecule is CC.CCN1CCN(c2ccc(N(C(=N)C=O)C(N)c3cc(C(C)C)c(OC)cc3O)cc2)CC1. The van der Waals surface area contributed by atoms with Crippen LogP contribution in [-0.4, -0.2) is 62.0 Å². The largest absolute Gasteiger partial charge is 0.507 e. The Labute approximate surface area is 209 Å². The summed E-state index contributed by atoms with van der Waals surface area (Å²) >= 11 is 0. The monoisotopic (exact) mass is 483 g/mol. The van der Waals surface area contributed by atoms with Crippen molar-refractivity contribution in [1.29, 1.82) is 5.41 Å². The number of anilines is 2. The predicted molar refractivity (Wildman–Crippen MR) is 144 cm³/mol. The third kappa shape index (κ3) is 6.52. The van der Waals surface area contributed by atoms with Crippen LogP contribution >= 0.6 is 0 Å². The van der Waals surface area contributed by atoms with Gasteiger partial charge in [-0.15, -0.1) is 0 Å². The van der Waals surface area contributed by atoms with Gasteiger partial charge in [0.1, 0.15) is 17.7 Å². The van der Waals surface area contributed by atoms with Gasteiger partial charge in [0.25, 0.3) is 0 Å². The molecule has 8 heteroatoms. The Hall–Kier alpha value is -3.10. The number of benzene rings is 2. The van der Waals surface area contributed by atoms with Gasteiger partial charge >= 0.3 is 0 Å². The fraction of sp³-hybridized carbons (Fsp3) is 0.481. The molecule has 1 heterocycles. The zero-order valence-corrected chi connectivity index (χ0v) is 21.9. The number of phenols is 1. The number of likely N-dealkylation sites (N-methyl/N-ethyl adjacent to an activating group) is 1. The van der Waals surface area contributed by atoms with Crippen LogP contribution in [0.4, 0.5) is 11.4 Å². The van der Waals surface area contributed by atoms with Crippen LogP contribution in [0, 0.1) is 5.41 Å². The lowest BCUT2D eigenvalue weighted by Crippen LogP contribution is -2.46. The smallest absolute Gasteiger partial charge is 0.185 e. The van der Waals surface area contributed by atoms with E-state index in [1.54, 1.807) is 13.2 Å². The van der Waals surface area contributed by atoms with Crippen molar-refractivity contribution in [2.75, 3.05) is 49.6 Å². The quantitative estimate of drug-likeness (QED) is 0.222. The number of rotatable bonds is 8. The number of hydrogen-bond donors (Lipinski definition) is 3. The minimum atomic E-state index is -0.926. The maximum absolute atomic E-state index is 11.6. The Morgan fingerprint density at radius 3 is 2.23 bits per heavy atom. The van der Waals surface area contributed by atoms with E-state index in [0.29, 0.717) is 23.3 Å². The Balaban J connectivity index is 0.00000210. The molecular weight excluding hydrogens is 442 g/mol. The molecule has 0 amide bonds. The molecule has 2 aromatic rings. The summed E-state index contributed by atoms with van der Waals surface area (Å²) in [6.07, 6.45) is -0.466. The van der Waals surface area contributed by atoms with Crippen LogP contribution in [0.5, 0.6) is 11.5 Å². The second-order valence-corrected chi connectivity index (χ2v) is 8.56. The molecule has 8 nitrogen and oxygen atoms in total. The van der Waals surface area contributed by atoms with Gasteiger partial charge in [-0.1, -0.05) is 34.6 Å². The average molecular weight is 484 g/mol. The maximum atomic E-state index is 11.6. The van der Waals surface area contributed by atoms with Gasteiger partial charge < -0.3 is 30.3 Å². The summed E-state index contributed by atoms with van der Waals surface area (Å²) in [6.45, 7) is 15.2. The van der Waals surface area contributed by atoms with Crippen LogP contribution in [0.25, 0.3) is 0 Å². The van der Waals surface area contributed by atoms with Gasteiger partial charge in [-0.3, -0.25) is 10.2 Å². The number of nitrogens with one attached hydrogen (secondary N) is 1. The number of nitrogens with zero attached hydrogens (tertiary/aromatic N) is 3. The number of aromatic hydroxyl groups is 1. The maximum Gasteiger partial charge on any atom is 0.185 e. The lowest BCUT2D eigenvalue weighted by molar-refractivity contribution is -0.102.